The summed E-state index contributed by atoms with van der Waals surface area (Å²) in [6.45, 7) is 2.60. The molecule has 3 fully saturated rings. The van der Waals surface area contributed by atoms with Crippen molar-refractivity contribution in [1.82, 2.24) is 9.21 Å². The van der Waals surface area contributed by atoms with Gasteiger partial charge in [0.05, 0.1) is 6.04 Å². The molecule has 0 radical (unpaired) electrons. The van der Waals surface area contributed by atoms with Crippen molar-refractivity contribution >= 4 is 22.1 Å². The van der Waals surface area contributed by atoms with Crippen molar-refractivity contribution in [2.24, 2.45) is 11.3 Å². The van der Waals surface area contributed by atoms with Gasteiger partial charge in [0.2, 0.25) is 10.0 Å². The van der Waals surface area contributed by atoms with E-state index in [0.29, 0.717) is 25.9 Å². The molecule has 4 aliphatic rings. The molecule has 1 unspecified atom stereocenters. The summed E-state index contributed by atoms with van der Waals surface area (Å²) in [4.78, 5) is 27.8. The molecule has 1 amide bonds. The summed E-state index contributed by atoms with van der Waals surface area (Å²) in [6.07, 6.45) is 5.38. The quantitative estimate of drug-likeness (QED) is 0.652. The maximum Gasteiger partial charge on any atom is 0.410 e. The number of carboxylic acid groups (broad SMARTS) is 1. The molecule has 1 aromatic rings. The number of amides is 1. The number of carbonyl (C=O) groups excluding carboxylic acids is 1. The highest BCUT2D eigenvalue weighted by atomic mass is 32.2. The van der Waals surface area contributed by atoms with E-state index in [0.717, 1.165) is 30.4 Å². The van der Waals surface area contributed by atoms with E-state index in [1.165, 1.54) is 4.90 Å². The highest BCUT2D eigenvalue weighted by Gasteiger charge is 2.69. The number of carbonyl (C=O) groups is 2. The number of hydrogen-bond donors (Lipinski definition) is 1. The van der Waals surface area contributed by atoms with Gasteiger partial charge in [-0.1, -0.05) is 49.8 Å². The molecule has 1 aromatic carbocycles. The molecule has 34 heavy (non-hydrogen) atoms. The molecule has 5 rings (SSSR count). The summed E-state index contributed by atoms with van der Waals surface area (Å²) >= 11 is 0. The number of rotatable bonds is 4. The summed E-state index contributed by atoms with van der Waals surface area (Å²) in [5, 5.41) is 9.58. The fraction of sp³-hybridized carbons (Fsp3) is 0.600. The van der Waals surface area contributed by atoms with Crippen LogP contribution in [0.5, 0.6) is 0 Å². The van der Waals surface area contributed by atoms with E-state index in [9.17, 15) is 23.1 Å². The summed E-state index contributed by atoms with van der Waals surface area (Å²) in [6, 6.07) is 8.29. The number of nitrogens with zero attached hydrogens (tertiary/aromatic N) is 2. The lowest BCUT2D eigenvalue weighted by Crippen LogP contribution is -2.65. The first-order valence-electron chi connectivity index (χ1n) is 12.2. The van der Waals surface area contributed by atoms with Gasteiger partial charge >= 0.3 is 12.1 Å². The van der Waals surface area contributed by atoms with Gasteiger partial charge in [0, 0.05) is 25.0 Å². The number of fused-ring (bicyclic) bond motifs is 4. The lowest BCUT2D eigenvalue weighted by molar-refractivity contribution is -0.154. The van der Waals surface area contributed by atoms with Crippen LogP contribution in [0.25, 0.3) is 0 Å². The third kappa shape index (κ3) is 3.39. The second-order valence-electron chi connectivity index (χ2n) is 9.90. The topological polar surface area (TPSA) is 104 Å². The van der Waals surface area contributed by atoms with E-state index in [1.54, 1.807) is 11.2 Å². The van der Waals surface area contributed by atoms with Crippen LogP contribution in [0.4, 0.5) is 4.79 Å². The summed E-state index contributed by atoms with van der Waals surface area (Å²) in [5.41, 5.74) is 0.0931. The molecule has 0 bridgehead atoms. The highest BCUT2D eigenvalue weighted by Crippen LogP contribution is 2.56. The zero-order valence-electron chi connectivity index (χ0n) is 19.4. The molecule has 8 nitrogen and oxygen atoms in total. The molecule has 3 aliphatic heterocycles. The van der Waals surface area contributed by atoms with E-state index in [4.69, 9.17) is 4.74 Å². The highest BCUT2D eigenvalue weighted by molar-refractivity contribution is 7.90. The Hall–Kier alpha value is -2.39. The number of aliphatic carboxylic acids is 1. The summed E-state index contributed by atoms with van der Waals surface area (Å²) < 4.78 is 34.8. The van der Waals surface area contributed by atoms with Crippen LogP contribution in [0.1, 0.15) is 51.0 Å². The molecular weight excluding hydrogens is 456 g/mol. The largest absolute Gasteiger partial charge is 0.481 e. The second kappa shape index (κ2) is 8.68. The molecule has 1 aliphatic carbocycles. The fourth-order valence-corrected chi connectivity index (χ4v) is 9.76. The molecule has 0 saturated carbocycles. The van der Waals surface area contributed by atoms with E-state index in [-0.39, 0.29) is 25.0 Å². The number of benzene rings is 1. The Labute approximate surface area is 200 Å². The van der Waals surface area contributed by atoms with Crippen molar-refractivity contribution in [3.05, 3.63) is 47.5 Å². The first-order valence-corrected chi connectivity index (χ1v) is 13.7. The van der Waals surface area contributed by atoms with Crippen molar-refractivity contribution in [3.8, 4) is 0 Å². The Morgan fingerprint density at radius 1 is 1.15 bits per heavy atom. The number of piperidine rings is 2. The smallest absolute Gasteiger partial charge is 0.410 e. The third-order valence-electron chi connectivity index (χ3n) is 8.29. The Morgan fingerprint density at radius 2 is 1.91 bits per heavy atom. The minimum Gasteiger partial charge on any atom is -0.481 e. The predicted molar refractivity (Wildman–Crippen MR) is 125 cm³/mol. The van der Waals surface area contributed by atoms with Gasteiger partial charge in [0.1, 0.15) is 17.3 Å². The van der Waals surface area contributed by atoms with E-state index >= 15 is 0 Å². The Morgan fingerprint density at radius 3 is 2.62 bits per heavy atom. The molecule has 0 aromatic heterocycles. The first-order chi connectivity index (χ1) is 16.3. The summed E-state index contributed by atoms with van der Waals surface area (Å²) in [7, 11) is -3.84. The number of ether oxygens (including phenoxy) is 1. The Kier molecular flexibility index (Phi) is 5.96. The van der Waals surface area contributed by atoms with Crippen molar-refractivity contribution < 1.29 is 27.9 Å². The molecule has 3 saturated heterocycles. The average Bonchev–Trinajstić information content (AvgIpc) is 3.08. The van der Waals surface area contributed by atoms with E-state index < -0.39 is 38.8 Å². The Bertz CT molecular complexity index is 1100. The molecule has 5 atom stereocenters. The monoisotopic (exact) mass is 488 g/mol. The Balaban J connectivity index is 1.55. The van der Waals surface area contributed by atoms with Gasteiger partial charge in [0.25, 0.3) is 0 Å². The molecule has 1 N–H and O–H groups in total. The SMILES string of the molecule is CC[C@@]1(C(=O)O)C2C(=C[C@@H]3[C@H]4CCCCN4S(=O)(=O)[C@H]31)CCCN2C(=O)OCc1ccccc1. The van der Waals surface area contributed by atoms with Gasteiger partial charge < -0.3 is 14.7 Å². The van der Waals surface area contributed by atoms with Crippen molar-refractivity contribution in [1.29, 1.82) is 0 Å². The minimum absolute atomic E-state index is 0.0777. The van der Waals surface area contributed by atoms with Crippen LogP contribution in [0.15, 0.2) is 42.0 Å². The van der Waals surface area contributed by atoms with Crippen LogP contribution in [-0.2, 0) is 26.2 Å². The summed E-state index contributed by atoms with van der Waals surface area (Å²) in [5.74, 6) is -1.51. The van der Waals surface area contributed by atoms with Crippen LogP contribution in [-0.4, -0.2) is 65.2 Å². The number of carboxylic acids is 1. The van der Waals surface area contributed by atoms with Gasteiger partial charge in [-0.3, -0.25) is 4.79 Å². The molecule has 9 heteroatoms. The number of hydrogen-bond acceptors (Lipinski definition) is 5. The standard InChI is InChI=1S/C25H32N2O6S/c1-2-25(23(28)29)21-18(15-19-20-12-6-7-14-27(20)34(31,32)22(19)25)11-8-13-26(21)24(30)33-16-17-9-4-3-5-10-17/h3-5,9-10,15,19-22H,2,6-8,11-14,16H2,1H3,(H,28,29)/t19-,20-,21?,22-,25-/m1/s1. The number of sulfonamides is 1. The third-order valence-corrected chi connectivity index (χ3v) is 10.8. The van der Waals surface area contributed by atoms with Gasteiger partial charge in [-0.25, -0.2) is 13.2 Å². The average molecular weight is 489 g/mol. The normalized spacial score (nSPS) is 34.4. The van der Waals surface area contributed by atoms with Crippen LogP contribution in [0, 0.1) is 11.3 Å². The van der Waals surface area contributed by atoms with Gasteiger partial charge in [0.15, 0.2) is 0 Å². The van der Waals surface area contributed by atoms with Crippen LogP contribution >= 0.6 is 0 Å². The van der Waals surface area contributed by atoms with Gasteiger partial charge in [-0.15, -0.1) is 0 Å². The maximum absolute atomic E-state index is 13.8. The molecule has 184 valence electrons. The zero-order valence-corrected chi connectivity index (χ0v) is 20.2. The lowest BCUT2D eigenvalue weighted by Gasteiger charge is -2.52. The molecule has 0 spiro atoms. The predicted octanol–water partition coefficient (Wildman–Crippen LogP) is 3.39. The van der Waals surface area contributed by atoms with Crippen molar-refractivity contribution in [2.75, 3.05) is 13.1 Å². The van der Waals surface area contributed by atoms with Crippen LogP contribution < -0.4 is 0 Å². The number of likely N-dealkylation sites (tertiary alicyclic amines) is 1. The second-order valence-corrected chi connectivity index (χ2v) is 11.9. The first kappa shape index (κ1) is 23.4. The zero-order chi connectivity index (χ0) is 24.1. The van der Waals surface area contributed by atoms with E-state index in [1.807, 2.05) is 36.4 Å². The van der Waals surface area contributed by atoms with Crippen molar-refractivity contribution in [3.63, 3.8) is 0 Å². The van der Waals surface area contributed by atoms with Gasteiger partial charge in [-0.2, -0.15) is 4.31 Å². The maximum atomic E-state index is 13.8. The molecular formula is C25H32N2O6S. The fourth-order valence-electron chi connectivity index (χ4n) is 6.87. The van der Waals surface area contributed by atoms with Crippen LogP contribution in [0.2, 0.25) is 0 Å². The van der Waals surface area contributed by atoms with Crippen LogP contribution in [0.3, 0.4) is 0 Å². The van der Waals surface area contributed by atoms with Gasteiger partial charge in [-0.05, 0) is 43.2 Å². The molecule has 3 heterocycles. The van der Waals surface area contributed by atoms with E-state index in [2.05, 4.69) is 0 Å². The van der Waals surface area contributed by atoms with Crippen molar-refractivity contribution in [2.45, 2.75) is 69.4 Å². The minimum atomic E-state index is -3.84. The lowest BCUT2D eigenvalue weighted by atomic mass is 9.61.